The van der Waals surface area contributed by atoms with Crippen molar-refractivity contribution >= 4 is 0 Å². The van der Waals surface area contributed by atoms with E-state index in [1.165, 1.54) is 4.68 Å². The molecule has 1 aromatic carbocycles. The van der Waals surface area contributed by atoms with Gasteiger partial charge in [0, 0.05) is 5.56 Å². The smallest absolute Gasteiger partial charge is 0.118 e. The fraction of sp³-hybridized carbons (Fsp3) is 0.500. The summed E-state index contributed by atoms with van der Waals surface area (Å²) in [6.45, 7) is 1.40. The topological polar surface area (TPSA) is 110 Å². The first-order valence-electron chi connectivity index (χ1n) is 7.74. The monoisotopic (exact) mass is 335 g/mol. The lowest BCUT2D eigenvalue weighted by Gasteiger charge is -2.40. The first-order valence-corrected chi connectivity index (χ1v) is 7.74. The van der Waals surface area contributed by atoms with Crippen molar-refractivity contribution in [2.75, 3.05) is 13.7 Å². The van der Waals surface area contributed by atoms with E-state index < -0.39 is 30.5 Å². The third-order valence-electron chi connectivity index (χ3n) is 4.33. The molecule has 5 atom stereocenters. The average molecular weight is 335 g/mol. The summed E-state index contributed by atoms with van der Waals surface area (Å²) in [6, 6.07) is 6.78. The number of aromatic nitrogens is 3. The Balaban J connectivity index is 1.84. The van der Waals surface area contributed by atoms with Gasteiger partial charge in [0.25, 0.3) is 0 Å². The van der Waals surface area contributed by atoms with Crippen LogP contribution >= 0.6 is 0 Å². The molecule has 0 spiro atoms. The van der Waals surface area contributed by atoms with Crippen LogP contribution in [0.2, 0.25) is 0 Å². The minimum absolute atomic E-state index is 0.357. The van der Waals surface area contributed by atoms with Crippen LogP contribution in [0.25, 0.3) is 11.3 Å². The second kappa shape index (κ2) is 6.86. The molecule has 3 N–H and O–H groups in total. The van der Waals surface area contributed by atoms with Crippen molar-refractivity contribution in [3.05, 3.63) is 30.5 Å². The van der Waals surface area contributed by atoms with Crippen LogP contribution in [-0.2, 0) is 4.74 Å². The maximum absolute atomic E-state index is 10.4. The van der Waals surface area contributed by atoms with E-state index in [9.17, 15) is 15.3 Å². The van der Waals surface area contributed by atoms with Crippen LogP contribution in [0.15, 0.2) is 30.5 Å². The zero-order chi connectivity index (χ0) is 17.3. The van der Waals surface area contributed by atoms with Crippen molar-refractivity contribution in [1.29, 1.82) is 0 Å². The average Bonchev–Trinajstić information content (AvgIpc) is 3.08. The number of hydrogen-bond acceptors (Lipinski definition) is 7. The fourth-order valence-corrected chi connectivity index (χ4v) is 2.98. The highest BCUT2D eigenvalue weighted by atomic mass is 16.5. The summed E-state index contributed by atoms with van der Waals surface area (Å²) in [7, 11) is 1.60. The van der Waals surface area contributed by atoms with Gasteiger partial charge in [-0.05, 0) is 31.2 Å². The standard InChI is InChI=1S/C16H21N3O5/c1-9-14(16(22)15(21)13(8-20)24-9)19-7-12(17-18-19)10-3-5-11(23-2)6-4-10/h3-7,9,13-16,20-22H,8H2,1-2H3/t9-,13+,14-,15-,16+/m0/s1. The van der Waals surface area contributed by atoms with E-state index >= 15 is 0 Å². The summed E-state index contributed by atoms with van der Waals surface area (Å²) in [5.41, 5.74) is 1.49. The van der Waals surface area contributed by atoms with Crippen molar-refractivity contribution in [3.8, 4) is 17.0 Å². The molecule has 0 aliphatic carbocycles. The van der Waals surface area contributed by atoms with Crippen molar-refractivity contribution in [2.24, 2.45) is 0 Å². The number of nitrogens with zero attached hydrogens (tertiary/aromatic N) is 3. The highest BCUT2D eigenvalue weighted by Crippen LogP contribution is 2.30. The van der Waals surface area contributed by atoms with Gasteiger partial charge in [-0.3, -0.25) is 0 Å². The van der Waals surface area contributed by atoms with Crippen LogP contribution in [-0.4, -0.2) is 68.4 Å². The molecule has 3 rings (SSSR count). The Hall–Kier alpha value is -2.00. The van der Waals surface area contributed by atoms with Gasteiger partial charge in [-0.2, -0.15) is 0 Å². The van der Waals surface area contributed by atoms with Crippen LogP contribution in [0.3, 0.4) is 0 Å². The molecule has 8 heteroatoms. The van der Waals surface area contributed by atoms with E-state index in [1.54, 1.807) is 20.2 Å². The number of aliphatic hydroxyl groups excluding tert-OH is 3. The van der Waals surface area contributed by atoms with E-state index in [2.05, 4.69) is 10.3 Å². The minimum Gasteiger partial charge on any atom is -0.497 e. The predicted molar refractivity (Wildman–Crippen MR) is 84.5 cm³/mol. The van der Waals surface area contributed by atoms with Gasteiger partial charge in [0.15, 0.2) is 0 Å². The Bertz CT molecular complexity index is 675. The highest BCUT2D eigenvalue weighted by Gasteiger charge is 2.43. The van der Waals surface area contributed by atoms with Gasteiger partial charge in [-0.25, -0.2) is 4.68 Å². The Morgan fingerprint density at radius 1 is 1.21 bits per heavy atom. The second-order valence-electron chi connectivity index (χ2n) is 5.85. The molecule has 1 saturated heterocycles. The van der Waals surface area contributed by atoms with Gasteiger partial charge in [0.2, 0.25) is 0 Å². The number of hydrogen-bond donors (Lipinski definition) is 3. The molecule has 0 radical (unpaired) electrons. The molecule has 0 bridgehead atoms. The first-order chi connectivity index (χ1) is 11.5. The van der Waals surface area contributed by atoms with Crippen LogP contribution in [0.5, 0.6) is 5.75 Å². The summed E-state index contributed by atoms with van der Waals surface area (Å²) < 4.78 is 12.2. The Morgan fingerprint density at radius 3 is 2.54 bits per heavy atom. The fourth-order valence-electron chi connectivity index (χ4n) is 2.98. The number of methoxy groups -OCH3 is 1. The van der Waals surface area contributed by atoms with E-state index in [1.807, 2.05) is 24.3 Å². The molecule has 1 aromatic heterocycles. The van der Waals surface area contributed by atoms with E-state index in [-0.39, 0.29) is 6.61 Å². The molecule has 1 fully saturated rings. The van der Waals surface area contributed by atoms with Crippen LogP contribution in [0.1, 0.15) is 13.0 Å². The van der Waals surface area contributed by atoms with E-state index in [0.29, 0.717) is 5.69 Å². The van der Waals surface area contributed by atoms with Crippen molar-refractivity contribution in [1.82, 2.24) is 15.0 Å². The molecule has 130 valence electrons. The van der Waals surface area contributed by atoms with Gasteiger partial charge < -0.3 is 24.8 Å². The van der Waals surface area contributed by atoms with Gasteiger partial charge >= 0.3 is 0 Å². The quantitative estimate of drug-likeness (QED) is 0.721. The lowest BCUT2D eigenvalue weighted by Crippen LogP contribution is -2.55. The molecule has 2 heterocycles. The zero-order valence-corrected chi connectivity index (χ0v) is 13.5. The predicted octanol–water partition coefficient (Wildman–Crippen LogP) is -0.00380. The van der Waals surface area contributed by atoms with Crippen LogP contribution < -0.4 is 4.74 Å². The molecular formula is C16H21N3O5. The maximum Gasteiger partial charge on any atom is 0.118 e. The van der Waals surface area contributed by atoms with Crippen LogP contribution in [0.4, 0.5) is 0 Å². The second-order valence-corrected chi connectivity index (χ2v) is 5.85. The normalized spacial score (nSPS) is 30.3. The van der Waals surface area contributed by atoms with Crippen molar-refractivity contribution in [2.45, 2.75) is 37.4 Å². The third kappa shape index (κ3) is 3.01. The Kier molecular flexibility index (Phi) is 4.81. The molecule has 1 aliphatic rings. The largest absolute Gasteiger partial charge is 0.497 e. The van der Waals surface area contributed by atoms with Gasteiger partial charge in [0.1, 0.15) is 35.8 Å². The summed E-state index contributed by atoms with van der Waals surface area (Å²) in [4.78, 5) is 0. The molecular weight excluding hydrogens is 314 g/mol. The summed E-state index contributed by atoms with van der Waals surface area (Å²) in [5, 5.41) is 37.8. The summed E-state index contributed by atoms with van der Waals surface area (Å²) in [6.07, 6.45) is -1.86. The van der Waals surface area contributed by atoms with E-state index in [0.717, 1.165) is 11.3 Å². The molecule has 0 unspecified atom stereocenters. The third-order valence-corrected chi connectivity index (χ3v) is 4.33. The lowest BCUT2D eigenvalue weighted by atomic mass is 9.93. The maximum atomic E-state index is 10.4. The minimum atomic E-state index is -1.19. The van der Waals surface area contributed by atoms with Crippen molar-refractivity contribution in [3.63, 3.8) is 0 Å². The van der Waals surface area contributed by atoms with E-state index in [4.69, 9.17) is 9.47 Å². The molecule has 0 saturated carbocycles. The highest BCUT2D eigenvalue weighted by molar-refractivity contribution is 5.58. The molecule has 0 amide bonds. The SMILES string of the molecule is COc1ccc(-c2cn([C@@H]3[C@@H](O)[C@@H](O)[C@@H](CO)O[C@H]3C)nn2)cc1. The Labute approximate surface area is 139 Å². The molecule has 2 aromatic rings. The Morgan fingerprint density at radius 2 is 1.92 bits per heavy atom. The lowest BCUT2D eigenvalue weighted by molar-refractivity contribution is -0.200. The molecule has 1 aliphatic heterocycles. The zero-order valence-electron chi connectivity index (χ0n) is 13.5. The summed E-state index contributed by atoms with van der Waals surface area (Å²) in [5.74, 6) is 0.744. The number of benzene rings is 1. The number of ether oxygens (including phenoxy) is 2. The molecule has 8 nitrogen and oxygen atoms in total. The van der Waals surface area contributed by atoms with Gasteiger partial charge in [-0.15, -0.1) is 5.10 Å². The van der Waals surface area contributed by atoms with Crippen molar-refractivity contribution < 1.29 is 24.8 Å². The molecule has 24 heavy (non-hydrogen) atoms. The van der Waals surface area contributed by atoms with Gasteiger partial charge in [0.05, 0.1) is 26.0 Å². The number of aliphatic hydroxyl groups is 3. The van der Waals surface area contributed by atoms with Gasteiger partial charge in [-0.1, -0.05) is 5.21 Å². The first kappa shape index (κ1) is 16.8. The van der Waals surface area contributed by atoms with Crippen LogP contribution in [0, 0.1) is 0 Å². The summed E-state index contributed by atoms with van der Waals surface area (Å²) >= 11 is 0. The number of rotatable bonds is 4.